The molecule has 0 unspecified atom stereocenters. The number of imide groups is 1. The molecule has 2 aliphatic heterocycles. The Morgan fingerprint density at radius 3 is 2.38 bits per heavy atom. The first kappa shape index (κ1) is 18.5. The van der Waals surface area contributed by atoms with Gasteiger partial charge in [0.15, 0.2) is 11.5 Å². The maximum atomic E-state index is 12.8. The van der Waals surface area contributed by atoms with E-state index in [0.29, 0.717) is 36.0 Å². The van der Waals surface area contributed by atoms with Crippen molar-refractivity contribution in [3.63, 3.8) is 0 Å². The summed E-state index contributed by atoms with van der Waals surface area (Å²) >= 11 is 0. The smallest absolute Gasteiger partial charge is 0.278 e. The highest BCUT2D eigenvalue weighted by Gasteiger charge is 2.38. The summed E-state index contributed by atoms with van der Waals surface area (Å²) < 4.78 is 11.1. The molecule has 0 saturated heterocycles. The van der Waals surface area contributed by atoms with Crippen LogP contribution in [0.5, 0.6) is 11.5 Å². The highest BCUT2D eigenvalue weighted by Crippen LogP contribution is 2.35. The quantitative estimate of drug-likeness (QED) is 0.470. The molecule has 0 fully saturated rings. The van der Waals surface area contributed by atoms with Gasteiger partial charge in [-0.1, -0.05) is 0 Å². The molecule has 9 nitrogen and oxygen atoms in total. The van der Waals surface area contributed by atoms with Gasteiger partial charge in [-0.2, -0.15) is 0 Å². The topological polar surface area (TPSA) is 111 Å². The van der Waals surface area contributed by atoms with Crippen molar-refractivity contribution in [3.05, 3.63) is 63.8 Å². The van der Waals surface area contributed by atoms with Gasteiger partial charge in [-0.05, 0) is 36.8 Å². The molecule has 0 aliphatic carbocycles. The Labute approximate surface area is 165 Å². The fourth-order valence-corrected chi connectivity index (χ4v) is 3.26. The molecular weight excluding hydrogens is 378 g/mol. The summed E-state index contributed by atoms with van der Waals surface area (Å²) in [6.45, 7) is 2.80. The van der Waals surface area contributed by atoms with Gasteiger partial charge < -0.3 is 14.8 Å². The van der Waals surface area contributed by atoms with Crippen LogP contribution in [0.2, 0.25) is 0 Å². The van der Waals surface area contributed by atoms with Gasteiger partial charge in [-0.25, -0.2) is 0 Å². The Bertz CT molecular complexity index is 1040. The van der Waals surface area contributed by atoms with E-state index >= 15 is 0 Å². The average molecular weight is 395 g/mol. The van der Waals surface area contributed by atoms with E-state index in [1.54, 1.807) is 25.1 Å². The number of amides is 2. The van der Waals surface area contributed by atoms with Crippen molar-refractivity contribution >= 4 is 28.8 Å². The van der Waals surface area contributed by atoms with Crippen LogP contribution in [0.3, 0.4) is 0 Å². The minimum Gasteiger partial charge on any atom is -0.486 e. The Morgan fingerprint density at radius 2 is 1.72 bits per heavy atom. The molecule has 2 amide bonds. The lowest BCUT2D eigenvalue weighted by molar-refractivity contribution is -0.384. The number of rotatable bonds is 5. The van der Waals surface area contributed by atoms with Crippen LogP contribution in [0.1, 0.15) is 12.5 Å². The lowest BCUT2D eigenvalue weighted by atomic mass is 10.0. The fraction of sp³-hybridized carbons (Fsp3) is 0.200. The molecule has 2 aromatic carbocycles. The molecule has 4 rings (SSSR count). The Morgan fingerprint density at radius 1 is 1.03 bits per heavy atom. The third-order valence-electron chi connectivity index (χ3n) is 4.66. The van der Waals surface area contributed by atoms with Crippen molar-refractivity contribution in [1.82, 2.24) is 4.90 Å². The number of hydrogen-bond acceptors (Lipinski definition) is 7. The van der Waals surface area contributed by atoms with Crippen molar-refractivity contribution in [2.24, 2.45) is 0 Å². The van der Waals surface area contributed by atoms with Crippen LogP contribution in [-0.4, -0.2) is 41.4 Å². The number of nitrogens with one attached hydrogen (secondary N) is 1. The summed E-state index contributed by atoms with van der Waals surface area (Å²) in [6.07, 6.45) is 0. The number of non-ortho nitro benzene ring substituents is 1. The van der Waals surface area contributed by atoms with Crippen LogP contribution in [0, 0.1) is 10.1 Å². The highest BCUT2D eigenvalue weighted by molar-refractivity contribution is 6.36. The van der Waals surface area contributed by atoms with E-state index < -0.39 is 16.7 Å². The largest absolute Gasteiger partial charge is 0.486 e. The zero-order valence-electron chi connectivity index (χ0n) is 15.5. The van der Waals surface area contributed by atoms with Crippen LogP contribution in [-0.2, 0) is 9.59 Å². The molecule has 0 saturated carbocycles. The normalized spacial score (nSPS) is 15.7. The van der Waals surface area contributed by atoms with E-state index in [1.807, 2.05) is 0 Å². The number of carbonyl (C=O) groups is 2. The maximum absolute atomic E-state index is 12.8. The summed E-state index contributed by atoms with van der Waals surface area (Å²) in [5.41, 5.74) is 1.16. The number of nitro benzene ring substituents is 1. The van der Waals surface area contributed by atoms with E-state index in [4.69, 9.17) is 9.47 Å². The molecule has 0 aromatic heterocycles. The van der Waals surface area contributed by atoms with E-state index in [-0.39, 0.29) is 23.5 Å². The van der Waals surface area contributed by atoms with Gasteiger partial charge in [0.1, 0.15) is 18.9 Å². The number of nitro groups is 1. The summed E-state index contributed by atoms with van der Waals surface area (Å²) in [7, 11) is 0. The first-order chi connectivity index (χ1) is 14.0. The van der Waals surface area contributed by atoms with Gasteiger partial charge in [0.25, 0.3) is 17.5 Å². The van der Waals surface area contributed by atoms with Crippen LogP contribution in [0.15, 0.2) is 48.2 Å². The molecule has 2 heterocycles. The molecule has 0 bridgehead atoms. The van der Waals surface area contributed by atoms with Gasteiger partial charge in [-0.3, -0.25) is 24.6 Å². The van der Waals surface area contributed by atoms with Crippen LogP contribution in [0.25, 0.3) is 5.57 Å². The molecule has 1 N–H and O–H groups in total. The third-order valence-corrected chi connectivity index (χ3v) is 4.66. The van der Waals surface area contributed by atoms with Crippen molar-refractivity contribution in [1.29, 1.82) is 0 Å². The zero-order chi connectivity index (χ0) is 20.5. The van der Waals surface area contributed by atoms with Crippen LogP contribution < -0.4 is 14.8 Å². The van der Waals surface area contributed by atoms with Gasteiger partial charge >= 0.3 is 0 Å². The minimum absolute atomic E-state index is 0.0974. The summed E-state index contributed by atoms with van der Waals surface area (Å²) in [5.74, 6) is 0.241. The maximum Gasteiger partial charge on any atom is 0.278 e. The standard InChI is InChI=1S/C20H17N3O6/c1-2-22-19(24)17(12-3-6-14(7-4-12)23(26)27)18(20(22)25)21-13-5-8-15-16(11-13)29-10-9-28-15/h3-8,11,21H,2,9-10H2,1H3. The Balaban J connectivity index is 1.74. The molecule has 0 atom stereocenters. The van der Waals surface area contributed by atoms with Gasteiger partial charge in [0.05, 0.1) is 10.5 Å². The lowest BCUT2D eigenvalue weighted by Gasteiger charge is -2.19. The monoisotopic (exact) mass is 395 g/mol. The number of nitrogens with zero attached hydrogens (tertiary/aromatic N) is 2. The predicted molar refractivity (Wildman–Crippen MR) is 103 cm³/mol. The fourth-order valence-electron chi connectivity index (χ4n) is 3.26. The second-order valence-electron chi connectivity index (χ2n) is 6.39. The van der Waals surface area contributed by atoms with E-state index in [9.17, 15) is 19.7 Å². The molecule has 0 radical (unpaired) electrons. The van der Waals surface area contributed by atoms with Crippen molar-refractivity contribution in [3.8, 4) is 11.5 Å². The Hall–Kier alpha value is -3.88. The number of ether oxygens (including phenoxy) is 2. The lowest BCUT2D eigenvalue weighted by Crippen LogP contribution is -2.32. The Kier molecular flexibility index (Phi) is 4.63. The molecular formula is C20H17N3O6. The second kappa shape index (κ2) is 7.27. The zero-order valence-corrected chi connectivity index (χ0v) is 15.5. The predicted octanol–water partition coefficient (Wildman–Crippen LogP) is 2.58. The summed E-state index contributed by atoms with van der Waals surface area (Å²) in [5, 5.41) is 13.9. The third kappa shape index (κ3) is 3.27. The highest BCUT2D eigenvalue weighted by atomic mass is 16.6. The minimum atomic E-state index is -0.521. The van der Waals surface area contributed by atoms with Gasteiger partial charge in [0.2, 0.25) is 0 Å². The number of anilines is 1. The summed E-state index contributed by atoms with van der Waals surface area (Å²) in [4.78, 5) is 37.1. The van der Waals surface area contributed by atoms with Crippen LogP contribution >= 0.6 is 0 Å². The second-order valence-corrected chi connectivity index (χ2v) is 6.39. The number of likely N-dealkylation sites (N-methyl/N-ethyl adjacent to an activating group) is 1. The summed E-state index contributed by atoms with van der Waals surface area (Å²) in [6, 6.07) is 10.7. The van der Waals surface area contributed by atoms with E-state index in [1.165, 1.54) is 24.3 Å². The molecule has 2 aromatic rings. The number of hydrogen-bond donors (Lipinski definition) is 1. The van der Waals surface area contributed by atoms with Gasteiger partial charge in [0, 0.05) is 30.4 Å². The molecule has 29 heavy (non-hydrogen) atoms. The van der Waals surface area contributed by atoms with E-state index in [0.717, 1.165) is 4.90 Å². The first-order valence-corrected chi connectivity index (χ1v) is 9.01. The first-order valence-electron chi connectivity index (χ1n) is 9.01. The van der Waals surface area contributed by atoms with Crippen molar-refractivity contribution in [2.45, 2.75) is 6.92 Å². The molecule has 2 aliphatic rings. The number of benzene rings is 2. The van der Waals surface area contributed by atoms with Gasteiger partial charge in [-0.15, -0.1) is 0 Å². The SMILES string of the molecule is CCN1C(=O)C(Nc2ccc3c(c2)OCCO3)=C(c2ccc([N+](=O)[O-])cc2)C1=O. The number of fused-ring (bicyclic) bond motifs is 1. The number of carbonyl (C=O) groups excluding carboxylic acids is 2. The molecule has 148 valence electrons. The van der Waals surface area contributed by atoms with E-state index in [2.05, 4.69) is 5.32 Å². The molecule has 9 heteroatoms. The van der Waals surface area contributed by atoms with Crippen molar-refractivity contribution in [2.75, 3.05) is 25.1 Å². The average Bonchev–Trinajstić information content (AvgIpc) is 2.97. The van der Waals surface area contributed by atoms with Crippen LogP contribution in [0.4, 0.5) is 11.4 Å². The molecule has 0 spiro atoms. The van der Waals surface area contributed by atoms with Crippen molar-refractivity contribution < 1.29 is 24.0 Å².